The number of anilines is 1. The van der Waals surface area contributed by atoms with Gasteiger partial charge in [0.2, 0.25) is 0 Å². The average Bonchev–Trinajstić information content (AvgIpc) is 3.16. The molecule has 3 heterocycles. The minimum absolute atomic E-state index is 0.190. The van der Waals surface area contributed by atoms with E-state index in [1.807, 2.05) is 13.0 Å². The molecule has 0 saturated carbocycles. The van der Waals surface area contributed by atoms with Gasteiger partial charge in [0.15, 0.2) is 0 Å². The predicted octanol–water partition coefficient (Wildman–Crippen LogP) is 4.71. The number of benzene rings is 1. The number of amides is 1. The molecule has 1 aliphatic rings. The highest BCUT2D eigenvalue weighted by atomic mass is 35.5. The maximum absolute atomic E-state index is 13.3. The number of hydrogen-bond acceptors (Lipinski definition) is 4. The van der Waals surface area contributed by atoms with Crippen LogP contribution in [0.2, 0.25) is 5.02 Å². The van der Waals surface area contributed by atoms with Crippen LogP contribution in [0.5, 0.6) is 0 Å². The van der Waals surface area contributed by atoms with Crippen molar-refractivity contribution in [2.24, 2.45) is 0 Å². The van der Waals surface area contributed by atoms with E-state index in [4.69, 9.17) is 16.9 Å². The van der Waals surface area contributed by atoms with Crippen LogP contribution in [0.3, 0.4) is 0 Å². The fraction of sp³-hybridized carbons (Fsp3) is 0.200. The maximum Gasteiger partial charge on any atom is 0.417 e. The molecule has 0 bridgehead atoms. The molecule has 0 unspecified atom stereocenters. The van der Waals surface area contributed by atoms with Crippen molar-refractivity contribution in [1.29, 1.82) is 5.26 Å². The van der Waals surface area contributed by atoms with Crippen LogP contribution < -0.4 is 4.90 Å². The van der Waals surface area contributed by atoms with Crippen LogP contribution >= 0.6 is 11.6 Å². The van der Waals surface area contributed by atoms with E-state index in [1.54, 1.807) is 16.8 Å². The number of nitriles is 1. The number of carbonyl (C=O) groups excluding carboxylic acids is 1. The van der Waals surface area contributed by atoms with Gasteiger partial charge in [0.05, 0.1) is 22.8 Å². The molecule has 0 spiro atoms. The van der Waals surface area contributed by atoms with Crippen molar-refractivity contribution < 1.29 is 18.0 Å². The highest BCUT2D eigenvalue weighted by molar-refractivity contribution is 6.31. The molecular weight excluding hydrogens is 419 g/mol. The zero-order chi connectivity index (χ0) is 21.6. The highest BCUT2D eigenvalue weighted by Gasteiger charge is 2.36. The predicted molar refractivity (Wildman–Crippen MR) is 103 cm³/mol. The molecule has 4 rings (SSSR count). The second kappa shape index (κ2) is 7.15. The van der Waals surface area contributed by atoms with Crippen molar-refractivity contribution in [3.63, 3.8) is 0 Å². The summed E-state index contributed by atoms with van der Waals surface area (Å²) in [4.78, 5) is 18.6. The third-order valence-corrected chi connectivity index (χ3v) is 5.18. The van der Waals surface area contributed by atoms with Crippen molar-refractivity contribution >= 4 is 23.2 Å². The van der Waals surface area contributed by atoms with Crippen molar-refractivity contribution in [1.82, 2.24) is 14.8 Å². The second-order valence-electron chi connectivity index (χ2n) is 6.82. The van der Waals surface area contributed by atoms with Crippen LogP contribution in [0.15, 0.2) is 42.7 Å². The summed E-state index contributed by atoms with van der Waals surface area (Å²) in [7, 11) is 0. The zero-order valence-corrected chi connectivity index (χ0v) is 16.2. The Morgan fingerprint density at radius 3 is 2.70 bits per heavy atom. The number of alkyl halides is 3. The molecule has 1 atom stereocenters. The Morgan fingerprint density at radius 2 is 2.03 bits per heavy atom. The average molecular weight is 432 g/mol. The van der Waals surface area contributed by atoms with Gasteiger partial charge in [-0.2, -0.15) is 23.5 Å². The van der Waals surface area contributed by atoms with E-state index in [1.165, 1.54) is 23.4 Å². The second-order valence-corrected chi connectivity index (χ2v) is 7.23. The molecule has 0 fully saturated rings. The molecule has 6 nitrogen and oxygen atoms in total. The molecule has 0 radical (unpaired) electrons. The van der Waals surface area contributed by atoms with Crippen LogP contribution in [0, 0.1) is 11.3 Å². The summed E-state index contributed by atoms with van der Waals surface area (Å²) in [6, 6.07) is 8.15. The van der Waals surface area contributed by atoms with Crippen molar-refractivity contribution in [2.45, 2.75) is 19.1 Å². The molecule has 3 aromatic rings. The fourth-order valence-electron chi connectivity index (χ4n) is 3.46. The van der Waals surface area contributed by atoms with Gasteiger partial charge in [0.1, 0.15) is 17.5 Å². The molecule has 152 valence electrons. The number of hydrogen-bond donors (Lipinski definition) is 0. The lowest BCUT2D eigenvalue weighted by Gasteiger charge is -2.32. The van der Waals surface area contributed by atoms with Gasteiger partial charge in [-0.25, -0.2) is 4.98 Å². The van der Waals surface area contributed by atoms with Gasteiger partial charge in [-0.1, -0.05) is 11.6 Å². The van der Waals surface area contributed by atoms with Gasteiger partial charge in [0, 0.05) is 24.0 Å². The van der Waals surface area contributed by atoms with Gasteiger partial charge >= 0.3 is 6.18 Å². The van der Waals surface area contributed by atoms with E-state index < -0.39 is 22.7 Å². The smallest absolute Gasteiger partial charge is 0.305 e. The van der Waals surface area contributed by atoms with Crippen LogP contribution in [-0.4, -0.2) is 27.2 Å². The SMILES string of the molecule is C[C@H]1CN(c2ccc(C(F)(F)F)c(Cl)c2)C(=O)c2c(-c3ccnc(C#N)c3)cnn21. The van der Waals surface area contributed by atoms with E-state index in [9.17, 15) is 18.0 Å². The number of rotatable bonds is 2. The summed E-state index contributed by atoms with van der Waals surface area (Å²) in [5, 5.41) is 12.9. The lowest BCUT2D eigenvalue weighted by atomic mass is 10.0. The molecule has 1 aliphatic heterocycles. The van der Waals surface area contributed by atoms with Crippen molar-refractivity contribution in [3.8, 4) is 17.2 Å². The monoisotopic (exact) mass is 431 g/mol. The minimum Gasteiger partial charge on any atom is -0.305 e. The first-order valence-corrected chi connectivity index (χ1v) is 9.21. The first-order valence-electron chi connectivity index (χ1n) is 8.83. The van der Waals surface area contributed by atoms with Crippen LogP contribution in [-0.2, 0) is 6.18 Å². The molecule has 0 aliphatic carbocycles. The minimum atomic E-state index is -4.58. The Hall–Kier alpha value is -3.38. The Kier molecular flexibility index (Phi) is 4.74. The van der Waals surface area contributed by atoms with E-state index in [0.717, 1.165) is 12.1 Å². The summed E-state index contributed by atoms with van der Waals surface area (Å²) in [6.07, 6.45) is -1.59. The number of pyridine rings is 1. The van der Waals surface area contributed by atoms with Gasteiger partial charge in [0.25, 0.3) is 5.91 Å². The Balaban J connectivity index is 1.78. The number of fused-ring (bicyclic) bond motifs is 1. The number of carbonyl (C=O) groups is 1. The van der Waals surface area contributed by atoms with E-state index in [-0.39, 0.29) is 29.7 Å². The fourth-order valence-corrected chi connectivity index (χ4v) is 3.74. The first-order chi connectivity index (χ1) is 14.2. The normalized spacial score (nSPS) is 16.3. The van der Waals surface area contributed by atoms with Crippen molar-refractivity contribution in [2.75, 3.05) is 11.4 Å². The largest absolute Gasteiger partial charge is 0.417 e. The zero-order valence-electron chi connectivity index (χ0n) is 15.5. The van der Waals surface area contributed by atoms with E-state index >= 15 is 0 Å². The summed E-state index contributed by atoms with van der Waals surface area (Å²) >= 11 is 5.84. The summed E-state index contributed by atoms with van der Waals surface area (Å²) < 4.78 is 40.6. The topological polar surface area (TPSA) is 74.8 Å². The Morgan fingerprint density at radius 1 is 1.27 bits per heavy atom. The summed E-state index contributed by atoms with van der Waals surface area (Å²) in [5.41, 5.74) is 0.867. The number of halogens is 4. The lowest BCUT2D eigenvalue weighted by Crippen LogP contribution is -2.42. The van der Waals surface area contributed by atoms with Crippen LogP contribution in [0.4, 0.5) is 18.9 Å². The first kappa shape index (κ1) is 19.9. The summed E-state index contributed by atoms with van der Waals surface area (Å²) in [5.74, 6) is -0.424. The number of aromatic nitrogens is 3. The van der Waals surface area contributed by atoms with Crippen LogP contribution in [0.25, 0.3) is 11.1 Å². The number of nitrogens with zero attached hydrogens (tertiary/aromatic N) is 5. The molecule has 30 heavy (non-hydrogen) atoms. The van der Waals surface area contributed by atoms with E-state index in [2.05, 4.69) is 10.1 Å². The third kappa shape index (κ3) is 3.29. The molecule has 0 saturated heterocycles. The molecule has 2 aromatic heterocycles. The highest BCUT2D eigenvalue weighted by Crippen LogP contribution is 2.38. The summed E-state index contributed by atoms with van der Waals surface area (Å²) in [6.45, 7) is 2.06. The molecule has 1 aromatic carbocycles. The molecule has 10 heteroatoms. The third-order valence-electron chi connectivity index (χ3n) is 4.86. The molecule has 0 N–H and O–H groups in total. The molecule has 1 amide bonds. The Labute approximate surface area is 174 Å². The Bertz CT molecular complexity index is 1200. The van der Waals surface area contributed by atoms with Crippen LogP contribution in [0.1, 0.15) is 34.7 Å². The van der Waals surface area contributed by atoms with Gasteiger partial charge in [-0.3, -0.25) is 9.48 Å². The quantitative estimate of drug-likeness (QED) is 0.589. The lowest BCUT2D eigenvalue weighted by molar-refractivity contribution is -0.137. The van der Waals surface area contributed by atoms with Gasteiger partial charge < -0.3 is 4.90 Å². The standard InChI is InChI=1S/C20H13ClF3N5O/c1-11-10-28(14-2-3-16(17(21)7-14)20(22,23)24)19(30)18-15(9-27-29(11)18)12-4-5-26-13(6-12)8-25/h2-7,9,11H,10H2,1H3/t11-/m0/s1. The van der Waals surface area contributed by atoms with Gasteiger partial charge in [-0.05, 0) is 42.8 Å². The van der Waals surface area contributed by atoms with Gasteiger partial charge in [-0.15, -0.1) is 0 Å². The maximum atomic E-state index is 13.3. The van der Waals surface area contributed by atoms with Crippen molar-refractivity contribution in [3.05, 3.63) is 64.7 Å². The van der Waals surface area contributed by atoms with E-state index in [0.29, 0.717) is 11.1 Å². The molecular formula is C20H13ClF3N5O.